The summed E-state index contributed by atoms with van der Waals surface area (Å²) in [7, 11) is 1.92. The van der Waals surface area contributed by atoms with Gasteiger partial charge < -0.3 is 20.9 Å². The molecule has 7 heteroatoms. The minimum atomic E-state index is 0.478. The SMILES string of the molecule is CNC1=C(C=N)C=C(c2sc(N3CCC4(CCNC4)CC3)nc2-c2ccc(C#N)cc2)CC1. The maximum atomic E-state index is 9.21. The fourth-order valence-electron chi connectivity index (χ4n) is 5.28. The molecule has 170 valence electrons. The van der Waals surface area contributed by atoms with Gasteiger partial charge in [-0.05, 0) is 67.8 Å². The number of allylic oxidation sites excluding steroid dienone is 4. The lowest BCUT2D eigenvalue weighted by Gasteiger charge is -2.38. The van der Waals surface area contributed by atoms with E-state index in [9.17, 15) is 5.26 Å². The van der Waals surface area contributed by atoms with E-state index in [0.717, 1.165) is 66.7 Å². The lowest BCUT2D eigenvalue weighted by Crippen LogP contribution is -2.41. The summed E-state index contributed by atoms with van der Waals surface area (Å²) < 4.78 is 0. The number of aromatic nitrogens is 1. The van der Waals surface area contributed by atoms with Crippen molar-refractivity contribution in [1.82, 2.24) is 15.6 Å². The van der Waals surface area contributed by atoms with Crippen LogP contribution in [0.2, 0.25) is 0 Å². The molecule has 1 aromatic carbocycles. The van der Waals surface area contributed by atoms with Gasteiger partial charge in [-0.3, -0.25) is 0 Å². The van der Waals surface area contributed by atoms with Crippen molar-refractivity contribution in [2.75, 3.05) is 38.1 Å². The second-order valence-corrected chi connectivity index (χ2v) is 10.3. The fourth-order valence-corrected chi connectivity index (χ4v) is 6.47. The third-order valence-corrected chi connectivity index (χ3v) is 8.59. The van der Waals surface area contributed by atoms with Crippen molar-refractivity contribution in [1.29, 1.82) is 10.7 Å². The zero-order valence-corrected chi connectivity index (χ0v) is 19.9. The molecule has 0 unspecified atom stereocenters. The van der Waals surface area contributed by atoms with Gasteiger partial charge in [-0.1, -0.05) is 23.5 Å². The van der Waals surface area contributed by atoms with Gasteiger partial charge >= 0.3 is 0 Å². The first-order valence-corrected chi connectivity index (χ1v) is 12.6. The maximum Gasteiger partial charge on any atom is 0.186 e. The van der Waals surface area contributed by atoms with Gasteiger partial charge in [-0.25, -0.2) is 4.98 Å². The van der Waals surface area contributed by atoms with E-state index in [4.69, 9.17) is 10.4 Å². The summed E-state index contributed by atoms with van der Waals surface area (Å²) in [6.45, 7) is 4.40. The highest BCUT2D eigenvalue weighted by atomic mass is 32.1. The number of benzene rings is 1. The summed E-state index contributed by atoms with van der Waals surface area (Å²) in [4.78, 5) is 8.80. The van der Waals surface area contributed by atoms with Crippen LogP contribution in [0.3, 0.4) is 0 Å². The highest BCUT2D eigenvalue weighted by Crippen LogP contribution is 2.44. The number of nitrogens with zero attached hydrogens (tertiary/aromatic N) is 3. The number of hydrogen-bond donors (Lipinski definition) is 3. The van der Waals surface area contributed by atoms with Crippen LogP contribution in [-0.4, -0.2) is 44.4 Å². The van der Waals surface area contributed by atoms with Crippen LogP contribution in [0, 0.1) is 22.2 Å². The van der Waals surface area contributed by atoms with E-state index in [1.165, 1.54) is 35.9 Å². The lowest BCUT2D eigenvalue weighted by atomic mass is 9.78. The Morgan fingerprint density at radius 2 is 2.00 bits per heavy atom. The second kappa shape index (κ2) is 9.12. The van der Waals surface area contributed by atoms with Gasteiger partial charge in [0.1, 0.15) is 0 Å². The largest absolute Gasteiger partial charge is 0.391 e. The average Bonchev–Trinajstić information content (AvgIpc) is 3.52. The van der Waals surface area contributed by atoms with E-state index in [1.54, 1.807) is 11.3 Å². The molecule has 0 radical (unpaired) electrons. The van der Waals surface area contributed by atoms with Gasteiger partial charge in [0.05, 0.1) is 22.2 Å². The summed E-state index contributed by atoms with van der Waals surface area (Å²) in [5.41, 5.74) is 6.46. The van der Waals surface area contributed by atoms with E-state index in [-0.39, 0.29) is 0 Å². The molecule has 33 heavy (non-hydrogen) atoms. The first kappa shape index (κ1) is 21.9. The van der Waals surface area contributed by atoms with Gasteiger partial charge in [-0.2, -0.15) is 5.26 Å². The number of rotatable bonds is 5. The van der Waals surface area contributed by atoms with Crippen LogP contribution >= 0.6 is 11.3 Å². The highest BCUT2D eigenvalue weighted by molar-refractivity contribution is 7.17. The Balaban J connectivity index is 1.51. The Morgan fingerprint density at radius 1 is 1.21 bits per heavy atom. The van der Waals surface area contributed by atoms with E-state index in [0.29, 0.717) is 11.0 Å². The summed E-state index contributed by atoms with van der Waals surface area (Å²) in [6, 6.07) is 9.96. The number of nitriles is 1. The van der Waals surface area contributed by atoms with Crippen molar-refractivity contribution in [2.24, 2.45) is 5.41 Å². The summed E-state index contributed by atoms with van der Waals surface area (Å²) in [5, 5.41) is 25.0. The molecule has 5 rings (SSSR count). The molecule has 6 nitrogen and oxygen atoms in total. The molecule has 3 N–H and O–H groups in total. The van der Waals surface area contributed by atoms with Crippen molar-refractivity contribution in [2.45, 2.75) is 32.1 Å². The molecule has 0 saturated carbocycles. The molecule has 3 aliphatic rings. The highest BCUT2D eigenvalue weighted by Gasteiger charge is 2.37. The minimum absolute atomic E-state index is 0.478. The zero-order valence-electron chi connectivity index (χ0n) is 19.1. The molecule has 2 saturated heterocycles. The van der Waals surface area contributed by atoms with Crippen LogP contribution in [0.4, 0.5) is 5.13 Å². The molecule has 0 atom stereocenters. The first-order valence-electron chi connectivity index (χ1n) is 11.7. The van der Waals surface area contributed by atoms with Crippen molar-refractivity contribution in [3.63, 3.8) is 0 Å². The summed E-state index contributed by atoms with van der Waals surface area (Å²) in [5.74, 6) is 0. The molecule has 0 amide bonds. The predicted molar refractivity (Wildman–Crippen MR) is 136 cm³/mol. The van der Waals surface area contributed by atoms with E-state index in [2.05, 4.69) is 27.7 Å². The van der Waals surface area contributed by atoms with Gasteiger partial charge in [0.25, 0.3) is 0 Å². The molecule has 2 aliphatic heterocycles. The normalized spacial score (nSPS) is 20.0. The molecule has 3 heterocycles. The number of anilines is 1. The summed E-state index contributed by atoms with van der Waals surface area (Å²) in [6.07, 6.45) is 9.13. The maximum absolute atomic E-state index is 9.21. The molecular formula is C26H30N6S. The molecule has 0 bridgehead atoms. The van der Waals surface area contributed by atoms with E-state index in [1.807, 2.05) is 31.3 Å². The average molecular weight is 459 g/mol. The van der Waals surface area contributed by atoms with Crippen LogP contribution in [0.15, 0.2) is 41.6 Å². The lowest BCUT2D eigenvalue weighted by molar-refractivity contribution is 0.247. The minimum Gasteiger partial charge on any atom is -0.391 e. The Morgan fingerprint density at radius 3 is 2.64 bits per heavy atom. The van der Waals surface area contributed by atoms with Gasteiger partial charge in [0.2, 0.25) is 0 Å². The van der Waals surface area contributed by atoms with E-state index < -0.39 is 0 Å². The molecule has 2 aromatic rings. The zero-order chi connectivity index (χ0) is 22.8. The van der Waals surface area contributed by atoms with Crippen LogP contribution < -0.4 is 15.5 Å². The number of nitrogens with one attached hydrogen (secondary N) is 3. The Labute approximate surface area is 199 Å². The monoisotopic (exact) mass is 458 g/mol. The van der Waals surface area contributed by atoms with Gasteiger partial charge in [-0.15, -0.1) is 0 Å². The molecule has 1 spiro atoms. The van der Waals surface area contributed by atoms with E-state index >= 15 is 0 Å². The topological polar surface area (TPSA) is 87.8 Å². The molecular weight excluding hydrogens is 428 g/mol. The Hall–Kier alpha value is -2.95. The summed E-state index contributed by atoms with van der Waals surface area (Å²) >= 11 is 1.78. The van der Waals surface area contributed by atoms with Crippen LogP contribution in [0.1, 0.15) is 42.5 Å². The third kappa shape index (κ3) is 4.21. The quantitative estimate of drug-likeness (QED) is 0.572. The van der Waals surface area contributed by atoms with Crippen molar-refractivity contribution >= 4 is 28.3 Å². The van der Waals surface area contributed by atoms with Crippen molar-refractivity contribution in [3.8, 4) is 17.3 Å². The smallest absolute Gasteiger partial charge is 0.186 e. The van der Waals surface area contributed by atoms with Crippen LogP contribution in [-0.2, 0) is 0 Å². The Kier molecular flexibility index (Phi) is 6.05. The van der Waals surface area contributed by atoms with Crippen molar-refractivity contribution in [3.05, 3.63) is 52.1 Å². The molecule has 2 fully saturated rings. The van der Waals surface area contributed by atoms with Crippen LogP contribution in [0.25, 0.3) is 16.8 Å². The molecule has 1 aliphatic carbocycles. The van der Waals surface area contributed by atoms with Gasteiger partial charge in [0.15, 0.2) is 5.13 Å². The third-order valence-electron chi connectivity index (χ3n) is 7.40. The van der Waals surface area contributed by atoms with Crippen LogP contribution in [0.5, 0.6) is 0 Å². The number of piperidine rings is 1. The fraction of sp³-hybridized carbons (Fsp3) is 0.423. The first-order chi connectivity index (χ1) is 16.1. The van der Waals surface area contributed by atoms with Gasteiger partial charge in [0, 0.05) is 49.7 Å². The van der Waals surface area contributed by atoms with Crippen molar-refractivity contribution < 1.29 is 0 Å². The number of thiazole rings is 1. The standard InChI is InChI=1S/C26H30N6S/c1-29-22-7-6-20(14-21(22)16-28)24-23(19-4-2-18(15-27)3-5-19)31-25(33-24)32-12-9-26(10-13-32)8-11-30-17-26/h2-5,14,16,28-30H,6-13,17H2,1H3. The second-order valence-electron chi connectivity index (χ2n) is 9.27. The Bertz CT molecular complexity index is 1130. The number of hydrogen-bond acceptors (Lipinski definition) is 7. The molecule has 1 aromatic heterocycles. The predicted octanol–water partition coefficient (Wildman–Crippen LogP) is 4.56.